The molecular weight excluding hydrogens is 186 g/mol. The summed E-state index contributed by atoms with van der Waals surface area (Å²) in [5, 5.41) is 0. The van der Waals surface area contributed by atoms with E-state index in [1.54, 1.807) is 0 Å². The molecule has 0 rings (SSSR count). The Labute approximate surface area is 95.6 Å². The molecule has 15 heavy (non-hydrogen) atoms. The first-order valence-electron chi connectivity index (χ1n) is 6.64. The number of hydrogen-bond donors (Lipinski definition) is 1. The van der Waals surface area contributed by atoms with Crippen LogP contribution in [0.5, 0.6) is 0 Å². The highest BCUT2D eigenvalue weighted by Crippen LogP contribution is 2.03. The molecule has 0 heterocycles. The summed E-state index contributed by atoms with van der Waals surface area (Å²) < 4.78 is 5.55. The van der Waals surface area contributed by atoms with E-state index in [1.807, 2.05) is 0 Å². The number of nitrogens with two attached hydrogens (primary N) is 1. The van der Waals surface area contributed by atoms with Crippen molar-refractivity contribution < 1.29 is 4.74 Å². The molecule has 0 aliphatic carbocycles. The third kappa shape index (κ3) is 11.8. The number of hydrogen-bond acceptors (Lipinski definition) is 2. The lowest BCUT2D eigenvalue weighted by atomic mass is 10.1. The third-order valence-corrected chi connectivity index (χ3v) is 2.78. The molecule has 0 spiro atoms. The summed E-state index contributed by atoms with van der Waals surface area (Å²) in [4.78, 5) is 0. The summed E-state index contributed by atoms with van der Waals surface area (Å²) >= 11 is 0. The average molecular weight is 215 g/mol. The van der Waals surface area contributed by atoms with Crippen molar-refractivity contribution in [2.24, 2.45) is 5.73 Å². The Morgan fingerprint density at radius 1 is 0.933 bits per heavy atom. The Balaban J connectivity index is 2.92. The van der Waals surface area contributed by atoms with Crippen molar-refractivity contribution in [2.45, 2.75) is 71.3 Å². The molecule has 1 unspecified atom stereocenters. The van der Waals surface area contributed by atoms with Crippen LogP contribution >= 0.6 is 0 Å². The van der Waals surface area contributed by atoms with Crippen molar-refractivity contribution in [3.63, 3.8) is 0 Å². The summed E-state index contributed by atoms with van der Waals surface area (Å²) in [6, 6.07) is 0.373. The van der Waals surface area contributed by atoms with Crippen LogP contribution in [0.3, 0.4) is 0 Å². The van der Waals surface area contributed by atoms with E-state index in [-0.39, 0.29) is 0 Å². The van der Waals surface area contributed by atoms with Crippen LogP contribution in [0.15, 0.2) is 0 Å². The van der Waals surface area contributed by atoms with Gasteiger partial charge in [-0.15, -0.1) is 0 Å². The third-order valence-electron chi connectivity index (χ3n) is 2.78. The molecule has 0 aliphatic heterocycles. The first kappa shape index (κ1) is 14.9. The van der Waals surface area contributed by atoms with Crippen LogP contribution in [-0.4, -0.2) is 19.3 Å². The van der Waals surface area contributed by atoms with E-state index in [0.29, 0.717) is 6.04 Å². The molecule has 92 valence electrons. The van der Waals surface area contributed by atoms with Crippen LogP contribution in [0.25, 0.3) is 0 Å². The van der Waals surface area contributed by atoms with Crippen molar-refractivity contribution in [3.8, 4) is 0 Å². The maximum absolute atomic E-state index is 5.81. The van der Waals surface area contributed by atoms with Crippen molar-refractivity contribution in [3.05, 3.63) is 0 Å². The molecule has 1 atom stereocenters. The van der Waals surface area contributed by atoms with Crippen LogP contribution in [0.1, 0.15) is 65.2 Å². The molecule has 0 aromatic rings. The van der Waals surface area contributed by atoms with Gasteiger partial charge in [0.05, 0.1) is 0 Å². The minimum Gasteiger partial charge on any atom is -0.381 e. The fourth-order valence-electron chi connectivity index (χ4n) is 1.56. The number of ether oxygens (including phenoxy) is 1. The zero-order valence-corrected chi connectivity index (χ0v) is 10.6. The molecule has 0 bridgehead atoms. The molecule has 0 aliphatic rings. The molecule has 0 fully saturated rings. The van der Waals surface area contributed by atoms with Crippen LogP contribution in [0, 0.1) is 0 Å². The summed E-state index contributed by atoms with van der Waals surface area (Å²) in [5.41, 5.74) is 5.81. The minimum absolute atomic E-state index is 0.373. The van der Waals surface area contributed by atoms with Crippen molar-refractivity contribution >= 4 is 0 Å². The Bertz CT molecular complexity index is 117. The van der Waals surface area contributed by atoms with E-state index >= 15 is 0 Å². The smallest absolute Gasteiger partial charge is 0.0466 e. The SMILES string of the molecule is CCCCCCCOCCCC(N)CC. The van der Waals surface area contributed by atoms with Gasteiger partial charge < -0.3 is 10.5 Å². The van der Waals surface area contributed by atoms with Crippen LogP contribution < -0.4 is 5.73 Å². The van der Waals surface area contributed by atoms with E-state index < -0.39 is 0 Å². The monoisotopic (exact) mass is 215 g/mol. The Kier molecular flexibility index (Phi) is 11.9. The predicted molar refractivity (Wildman–Crippen MR) is 67.1 cm³/mol. The normalized spacial score (nSPS) is 13.0. The van der Waals surface area contributed by atoms with Gasteiger partial charge in [-0.1, -0.05) is 39.5 Å². The summed E-state index contributed by atoms with van der Waals surface area (Å²) in [6.45, 7) is 6.21. The summed E-state index contributed by atoms with van der Waals surface area (Å²) in [5.74, 6) is 0. The second-order valence-corrected chi connectivity index (χ2v) is 4.34. The lowest BCUT2D eigenvalue weighted by Crippen LogP contribution is -2.18. The van der Waals surface area contributed by atoms with E-state index in [9.17, 15) is 0 Å². The summed E-state index contributed by atoms with van der Waals surface area (Å²) in [7, 11) is 0. The van der Waals surface area contributed by atoms with Crippen LogP contribution in [0.4, 0.5) is 0 Å². The van der Waals surface area contributed by atoms with E-state index in [2.05, 4.69) is 13.8 Å². The molecule has 0 saturated heterocycles. The van der Waals surface area contributed by atoms with Crippen LogP contribution in [-0.2, 0) is 4.74 Å². The first-order chi connectivity index (χ1) is 7.31. The molecule has 0 aromatic carbocycles. The largest absolute Gasteiger partial charge is 0.381 e. The fourth-order valence-corrected chi connectivity index (χ4v) is 1.56. The minimum atomic E-state index is 0.373. The zero-order chi connectivity index (χ0) is 11.4. The van der Waals surface area contributed by atoms with Gasteiger partial charge in [0.25, 0.3) is 0 Å². The summed E-state index contributed by atoms with van der Waals surface area (Å²) in [6.07, 6.45) is 9.89. The van der Waals surface area contributed by atoms with Gasteiger partial charge in [-0.25, -0.2) is 0 Å². The lowest BCUT2D eigenvalue weighted by molar-refractivity contribution is 0.125. The first-order valence-corrected chi connectivity index (χ1v) is 6.64. The Hall–Kier alpha value is -0.0800. The van der Waals surface area contributed by atoms with Crippen LogP contribution in [0.2, 0.25) is 0 Å². The maximum Gasteiger partial charge on any atom is 0.0466 e. The number of rotatable bonds is 11. The molecular formula is C13H29NO. The van der Waals surface area contributed by atoms with Crippen molar-refractivity contribution in [2.75, 3.05) is 13.2 Å². The molecule has 0 amide bonds. The van der Waals surface area contributed by atoms with Crippen molar-refractivity contribution in [1.29, 1.82) is 0 Å². The van der Waals surface area contributed by atoms with Gasteiger partial charge in [-0.2, -0.15) is 0 Å². The van der Waals surface area contributed by atoms with Gasteiger partial charge in [0, 0.05) is 19.3 Å². The van der Waals surface area contributed by atoms with Gasteiger partial charge in [-0.05, 0) is 25.7 Å². The molecule has 0 radical (unpaired) electrons. The molecule has 0 aromatic heterocycles. The van der Waals surface area contributed by atoms with E-state index in [0.717, 1.165) is 32.5 Å². The Morgan fingerprint density at radius 2 is 1.60 bits per heavy atom. The van der Waals surface area contributed by atoms with Gasteiger partial charge in [0.1, 0.15) is 0 Å². The molecule has 0 saturated carbocycles. The highest BCUT2D eigenvalue weighted by molar-refractivity contribution is 4.57. The average Bonchev–Trinajstić information content (AvgIpc) is 2.26. The highest BCUT2D eigenvalue weighted by atomic mass is 16.5. The quantitative estimate of drug-likeness (QED) is 0.535. The topological polar surface area (TPSA) is 35.2 Å². The lowest BCUT2D eigenvalue weighted by Gasteiger charge is -2.08. The molecule has 2 N–H and O–H groups in total. The zero-order valence-electron chi connectivity index (χ0n) is 10.6. The van der Waals surface area contributed by atoms with Crippen molar-refractivity contribution in [1.82, 2.24) is 0 Å². The van der Waals surface area contributed by atoms with E-state index in [4.69, 9.17) is 10.5 Å². The van der Waals surface area contributed by atoms with Gasteiger partial charge in [0.2, 0.25) is 0 Å². The molecule has 2 heteroatoms. The standard InChI is InChI=1S/C13H29NO/c1-3-5-6-7-8-11-15-12-9-10-13(14)4-2/h13H,3-12,14H2,1-2H3. The second-order valence-electron chi connectivity index (χ2n) is 4.34. The second kappa shape index (κ2) is 12.0. The van der Waals surface area contributed by atoms with Gasteiger partial charge >= 0.3 is 0 Å². The predicted octanol–water partition coefficient (Wildman–Crippen LogP) is 3.49. The highest BCUT2D eigenvalue weighted by Gasteiger charge is 1.98. The Morgan fingerprint density at radius 3 is 2.27 bits per heavy atom. The van der Waals surface area contributed by atoms with Gasteiger partial charge in [0.15, 0.2) is 0 Å². The van der Waals surface area contributed by atoms with E-state index in [1.165, 1.54) is 32.1 Å². The molecule has 2 nitrogen and oxygen atoms in total. The van der Waals surface area contributed by atoms with Gasteiger partial charge in [-0.3, -0.25) is 0 Å². The number of unbranched alkanes of at least 4 members (excludes halogenated alkanes) is 4. The maximum atomic E-state index is 5.81. The fraction of sp³-hybridized carbons (Fsp3) is 1.00.